The first-order chi connectivity index (χ1) is 9.69. The van der Waals surface area contributed by atoms with Crippen LogP contribution in [0, 0.1) is 0 Å². The molecule has 0 bridgehead atoms. The van der Waals surface area contributed by atoms with Gasteiger partial charge in [-0.05, 0) is 24.6 Å². The van der Waals surface area contributed by atoms with E-state index in [-0.39, 0.29) is 12.4 Å². The van der Waals surface area contributed by atoms with Crippen LogP contribution in [0.3, 0.4) is 0 Å². The van der Waals surface area contributed by atoms with E-state index in [1.54, 1.807) is 6.07 Å². The number of hydrogen-bond donors (Lipinski definition) is 1. The topological polar surface area (TPSA) is 65.0 Å². The van der Waals surface area contributed by atoms with Crippen LogP contribution in [0.2, 0.25) is 0 Å². The van der Waals surface area contributed by atoms with Crippen molar-refractivity contribution in [3.05, 3.63) is 23.8 Å². The van der Waals surface area contributed by atoms with Crippen LogP contribution in [0.1, 0.15) is 43.0 Å². The van der Waals surface area contributed by atoms with Gasteiger partial charge in [0.25, 0.3) is 0 Å². The molecule has 1 N–H and O–H groups in total. The first-order valence-corrected chi connectivity index (χ1v) is 6.81. The van der Waals surface area contributed by atoms with E-state index in [1.807, 2.05) is 0 Å². The van der Waals surface area contributed by atoms with E-state index in [4.69, 9.17) is 19.3 Å². The van der Waals surface area contributed by atoms with Crippen molar-refractivity contribution in [2.75, 3.05) is 20.5 Å². The lowest BCUT2D eigenvalue weighted by Gasteiger charge is -2.13. The molecule has 1 aromatic rings. The van der Waals surface area contributed by atoms with Gasteiger partial charge in [-0.2, -0.15) is 0 Å². The van der Waals surface area contributed by atoms with Crippen molar-refractivity contribution in [2.45, 2.75) is 32.6 Å². The largest absolute Gasteiger partial charge is 0.490 e. The number of unbranched alkanes of at least 4 members (excludes halogenated alkanes) is 3. The Labute approximate surface area is 119 Å². The second-order valence-corrected chi connectivity index (χ2v) is 4.43. The number of methoxy groups -OCH3 is 1. The molecule has 0 fully saturated rings. The summed E-state index contributed by atoms with van der Waals surface area (Å²) in [4.78, 5) is 10.9. The van der Waals surface area contributed by atoms with Gasteiger partial charge in [-0.15, -0.1) is 0 Å². The molecule has 0 aromatic heterocycles. The Morgan fingerprint density at radius 3 is 2.60 bits per heavy atom. The van der Waals surface area contributed by atoms with Gasteiger partial charge in [-0.25, -0.2) is 4.79 Å². The molecule has 0 aliphatic heterocycles. The van der Waals surface area contributed by atoms with Crippen molar-refractivity contribution >= 4 is 5.97 Å². The smallest absolute Gasteiger partial charge is 0.335 e. The third-order valence-electron chi connectivity index (χ3n) is 2.78. The summed E-state index contributed by atoms with van der Waals surface area (Å²) >= 11 is 0. The molecule has 0 spiro atoms. The van der Waals surface area contributed by atoms with Crippen molar-refractivity contribution in [1.82, 2.24) is 0 Å². The van der Waals surface area contributed by atoms with Crippen LogP contribution >= 0.6 is 0 Å². The molecule has 0 heterocycles. The fraction of sp³-hybridized carbons (Fsp3) is 0.533. The summed E-state index contributed by atoms with van der Waals surface area (Å²) in [6, 6.07) is 4.57. The molecule has 5 heteroatoms. The van der Waals surface area contributed by atoms with Gasteiger partial charge in [0, 0.05) is 7.11 Å². The third-order valence-corrected chi connectivity index (χ3v) is 2.78. The van der Waals surface area contributed by atoms with E-state index in [9.17, 15) is 4.79 Å². The molecule has 112 valence electrons. The van der Waals surface area contributed by atoms with E-state index in [0.29, 0.717) is 18.1 Å². The molecule has 0 unspecified atom stereocenters. The Morgan fingerprint density at radius 2 is 1.95 bits per heavy atom. The first-order valence-electron chi connectivity index (χ1n) is 6.81. The van der Waals surface area contributed by atoms with Crippen LogP contribution in [-0.2, 0) is 4.74 Å². The van der Waals surface area contributed by atoms with Gasteiger partial charge in [-0.3, -0.25) is 0 Å². The van der Waals surface area contributed by atoms with Crippen LogP contribution in [0.25, 0.3) is 0 Å². The maximum Gasteiger partial charge on any atom is 0.335 e. The fourth-order valence-corrected chi connectivity index (χ4v) is 1.71. The zero-order valence-electron chi connectivity index (χ0n) is 12.1. The average Bonchev–Trinajstić information content (AvgIpc) is 2.45. The normalized spacial score (nSPS) is 10.3. The standard InChI is InChI=1S/C15H22O5/c1-3-4-5-6-9-19-13-8-7-12(15(16)17)10-14(13)20-11-18-2/h7-8,10H,3-6,9,11H2,1-2H3,(H,16,17). The Balaban J connectivity index is 2.64. The minimum atomic E-state index is -0.998. The summed E-state index contributed by atoms with van der Waals surface area (Å²) in [6.07, 6.45) is 4.46. The molecule has 5 nitrogen and oxygen atoms in total. The number of carboxylic acid groups (broad SMARTS) is 1. The Morgan fingerprint density at radius 1 is 1.15 bits per heavy atom. The van der Waals surface area contributed by atoms with Crippen LogP contribution in [0.4, 0.5) is 0 Å². The average molecular weight is 282 g/mol. The van der Waals surface area contributed by atoms with Crippen molar-refractivity contribution in [3.8, 4) is 11.5 Å². The molecule has 1 aromatic carbocycles. The van der Waals surface area contributed by atoms with Crippen molar-refractivity contribution in [1.29, 1.82) is 0 Å². The van der Waals surface area contributed by atoms with Gasteiger partial charge >= 0.3 is 5.97 Å². The second-order valence-electron chi connectivity index (χ2n) is 4.43. The lowest BCUT2D eigenvalue weighted by Crippen LogP contribution is -2.05. The molecule has 0 radical (unpaired) electrons. The van der Waals surface area contributed by atoms with Gasteiger partial charge in [0.05, 0.1) is 12.2 Å². The molecule has 0 atom stereocenters. The van der Waals surface area contributed by atoms with Crippen LogP contribution in [-0.4, -0.2) is 31.6 Å². The number of ether oxygens (including phenoxy) is 3. The zero-order chi connectivity index (χ0) is 14.8. The lowest BCUT2D eigenvalue weighted by molar-refractivity contribution is 0.0482. The van der Waals surface area contributed by atoms with Gasteiger partial charge in [-0.1, -0.05) is 26.2 Å². The van der Waals surface area contributed by atoms with Gasteiger partial charge in [0.1, 0.15) is 0 Å². The molecular formula is C15H22O5. The van der Waals surface area contributed by atoms with Crippen LogP contribution in [0.15, 0.2) is 18.2 Å². The number of carbonyl (C=O) groups is 1. The van der Waals surface area contributed by atoms with E-state index < -0.39 is 5.97 Å². The van der Waals surface area contributed by atoms with Crippen molar-refractivity contribution in [2.24, 2.45) is 0 Å². The maximum absolute atomic E-state index is 10.9. The minimum absolute atomic E-state index is 0.0509. The Bertz CT molecular complexity index is 417. The lowest BCUT2D eigenvalue weighted by atomic mass is 10.2. The van der Waals surface area contributed by atoms with E-state index in [1.165, 1.54) is 32.1 Å². The van der Waals surface area contributed by atoms with Crippen LogP contribution < -0.4 is 9.47 Å². The molecule has 0 aliphatic rings. The van der Waals surface area contributed by atoms with Crippen molar-refractivity contribution < 1.29 is 24.1 Å². The summed E-state index contributed by atoms with van der Waals surface area (Å²) in [7, 11) is 1.51. The highest BCUT2D eigenvalue weighted by molar-refractivity contribution is 5.88. The second kappa shape index (κ2) is 9.20. The number of hydrogen-bond acceptors (Lipinski definition) is 4. The molecule has 0 saturated carbocycles. The quantitative estimate of drug-likeness (QED) is 0.526. The van der Waals surface area contributed by atoms with E-state index in [2.05, 4.69) is 6.92 Å². The molecular weight excluding hydrogens is 260 g/mol. The number of aromatic carboxylic acids is 1. The highest BCUT2D eigenvalue weighted by atomic mass is 16.7. The maximum atomic E-state index is 10.9. The summed E-state index contributed by atoms with van der Waals surface area (Å²) in [5, 5.41) is 8.97. The summed E-state index contributed by atoms with van der Waals surface area (Å²) in [5.74, 6) is -0.0625. The molecule has 0 amide bonds. The fourth-order valence-electron chi connectivity index (χ4n) is 1.71. The van der Waals surface area contributed by atoms with Gasteiger partial charge in [0.15, 0.2) is 18.3 Å². The van der Waals surface area contributed by atoms with Crippen LogP contribution in [0.5, 0.6) is 11.5 Å². The SMILES string of the molecule is CCCCCCOc1ccc(C(=O)O)cc1OCOC. The van der Waals surface area contributed by atoms with Gasteiger partial charge in [0.2, 0.25) is 0 Å². The Kier molecular flexibility index (Phi) is 7.50. The summed E-state index contributed by atoms with van der Waals surface area (Å²) < 4.78 is 15.8. The Hall–Kier alpha value is -1.75. The zero-order valence-corrected chi connectivity index (χ0v) is 12.1. The van der Waals surface area contributed by atoms with Gasteiger partial charge < -0.3 is 19.3 Å². The van der Waals surface area contributed by atoms with Crippen molar-refractivity contribution in [3.63, 3.8) is 0 Å². The molecule has 0 aliphatic carbocycles. The summed E-state index contributed by atoms with van der Waals surface area (Å²) in [6.45, 7) is 2.80. The summed E-state index contributed by atoms with van der Waals surface area (Å²) in [5.41, 5.74) is 0.162. The van der Waals surface area contributed by atoms with E-state index in [0.717, 1.165) is 12.8 Å². The molecule has 20 heavy (non-hydrogen) atoms. The third kappa shape index (κ3) is 5.48. The number of benzene rings is 1. The highest BCUT2D eigenvalue weighted by Crippen LogP contribution is 2.28. The van der Waals surface area contributed by atoms with E-state index >= 15 is 0 Å². The molecule has 1 rings (SSSR count). The number of rotatable bonds is 10. The first kappa shape index (κ1) is 16.3. The monoisotopic (exact) mass is 282 g/mol. The predicted octanol–water partition coefficient (Wildman–Crippen LogP) is 3.33. The molecule has 0 saturated heterocycles. The number of carboxylic acids is 1. The minimum Gasteiger partial charge on any atom is -0.490 e. The predicted molar refractivity (Wildman–Crippen MR) is 75.5 cm³/mol. The highest BCUT2D eigenvalue weighted by Gasteiger charge is 2.10.